The minimum absolute atomic E-state index is 0.279. The molecule has 2 aromatic heterocycles. The maximum absolute atomic E-state index is 12.5. The molecule has 0 N–H and O–H groups in total. The van der Waals surface area contributed by atoms with Crippen molar-refractivity contribution in [2.75, 3.05) is 13.1 Å². The van der Waals surface area contributed by atoms with E-state index in [1.54, 1.807) is 15.9 Å². The lowest BCUT2D eigenvalue weighted by Gasteiger charge is -2.25. The van der Waals surface area contributed by atoms with Crippen molar-refractivity contribution in [1.82, 2.24) is 19.2 Å². The molecule has 0 bridgehead atoms. The SMILES string of the molecule is O=c1c(=O)n2c(nn1CC1CCC1)[C@@H]1CN(Cc3cccs3)C[C@H]1C2. The van der Waals surface area contributed by atoms with Gasteiger partial charge in [-0.3, -0.25) is 19.1 Å². The highest BCUT2D eigenvalue weighted by molar-refractivity contribution is 7.09. The summed E-state index contributed by atoms with van der Waals surface area (Å²) in [5.74, 6) is 2.03. The zero-order chi connectivity index (χ0) is 17.0. The highest BCUT2D eigenvalue weighted by Gasteiger charge is 2.42. The number of thiophene rings is 1. The van der Waals surface area contributed by atoms with Crippen LogP contribution in [0.3, 0.4) is 0 Å². The van der Waals surface area contributed by atoms with Gasteiger partial charge in [0.2, 0.25) is 0 Å². The van der Waals surface area contributed by atoms with Crippen LogP contribution in [0.4, 0.5) is 0 Å². The van der Waals surface area contributed by atoms with Crippen molar-refractivity contribution in [2.24, 2.45) is 11.8 Å². The van der Waals surface area contributed by atoms with Gasteiger partial charge in [0, 0.05) is 49.4 Å². The molecule has 0 unspecified atom stereocenters. The predicted molar refractivity (Wildman–Crippen MR) is 95.9 cm³/mol. The third-order valence-electron chi connectivity index (χ3n) is 6.04. The van der Waals surface area contributed by atoms with Crippen molar-refractivity contribution in [3.8, 4) is 0 Å². The van der Waals surface area contributed by atoms with Crippen molar-refractivity contribution >= 4 is 11.3 Å². The monoisotopic (exact) mass is 358 g/mol. The fourth-order valence-electron chi connectivity index (χ4n) is 4.47. The highest BCUT2D eigenvalue weighted by atomic mass is 32.1. The summed E-state index contributed by atoms with van der Waals surface area (Å²) in [6.07, 6.45) is 3.52. The fraction of sp³-hybridized carbons (Fsp3) is 0.611. The molecule has 1 saturated heterocycles. The van der Waals surface area contributed by atoms with E-state index in [2.05, 4.69) is 27.5 Å². The van der Waals surface area contributed by atoms with E-state index in [1.807, 2.05) is 0 Å². The molecule has 5 rings (SSSR count). The van der Waals surface area contributed by atoms with Gasteiger partial charge in [0.1, 0.15) is 5.82 Å². The van der Waals surface area contributed by atoms with Crippen molar-refractivity contribution in [1.29, 1.82) is 0 Å². The lowest BCUT2D eigenvalue weighted by atomic mass is 9.85. The van der Waals surface area contributed by atoms with Gasteiger partial charge in [0.15, 0.2) is 0 Å². The first-order valence-corrected chi connectivity index (χ1v) is 10.0. The van der Waals surface area contributed by atoms with E-state index >= 15 is 0 Å². The minimum atomic E-state index is -0.439. The first-order valence-electron chi connectivity index (χ1n) is 9.15. The summed E-state index contributed by atoms with van der Waals surface area (Å²) >= 11 is 1.79. The molecule has 0 radical (unpaired) electrons. The first kappa shape index (κ1) is 15.5. The van der Waals surface area contributed by atoms with Gasteiger partial charge in [-0.05, 0) is 30.2 Å². The number of fused-ring (bicyclic) bond motifs is 3. The van der Waals surface area contributed by atoms with Gasteiger partial charge in [0.25, 0.3) is 0 Å². The van der Waals surface area contributed by atoms with E-state index < -0.39 is 5.56 Å². The van der Waals surface area contributed by atoms with Crippen molar-refractivity contribution < 1.29 is 0 Å². The van der Waals surface area contributed by atoms with Crippen LogP contribution < -0.4 is 11.1 Å². The lowest BCUT2D eigenvalue weighted by molar-refractivity contribution is 0.256. The summed E-state index contributed by atoms with van der Waals surface area (Å²) in [7, 11) is 0. The third-order valence-corrected chi connectivity index (χ3v) is 6.90. The van der Waals surface area contributed by atoms with Crippen molar-refractivity contribution in [2.45, 2.75) is 44.8 Å². The Bertz CT molecular complexity index is 897. The average molecular weight is 358 g/mol. The molecule has 0 spiro atoms. The number of likely N-dealkylation sites (tertiary alicyclic amines) is 1. The molecule has 2 atom stereocenters. The minimum Gasteiger partial charge on any atom is -0.297 e. The maximum atomic E-state index is 12.5. The molecule has 0 amide bonds. The van der Waals surface area contributed by atoms with Crippen LogP contribution in [-0.4, -0.2) is 32.3 Å². The highest BCUT2D eigenvalue weighted by Crippen LogP contribution is 2.38. The van der Waals surface area contributed by atoms with Crippen molar-refractivity contribution in [3.05, 3.63) is 48.9 Å². The molecule has 25 heavy (non-hydrogen) atoms. The maximum Gasteiger partial charge on any atom is 0.332 e. The molecule has 6 nitrogen and oxygen atoms in total. The van der Waals surface area contributed by atoms with Crippen LogP contribution in [0.1, 0.15) is 35.9 Å². The Morgan fingerprint density at radius 2 is 2.04 bits per heavy atom. The van der Waals surface area contributed by atoms with Gasteiger partial charge in [-0.1, -0.05) is 12.5 Å². The summed E-state index contributed by atoms with van der Waals surface area (Å²) < 4.78 is 3.11. The zero-order valence-corrected chi connectivity index (χ0v) is 15.0. The summed E-state index contributed by atoms with van der Waals surface area (Å²) in [6, 6.07) is 4.26. The Morgan fingerprint density at radius 3 is 2.76 bits per heavy atom. The van der Waals surface area contributed by atoms with Crippen molar-refractivity contribution in [3.63, 3.8) is 0 Å². The Labute approximate surface area is 149 Å². The van der Waals surface area contributed by atoms with Crippen LogP contribution in [0.2, 0.25) is 0 Å². The second-order valence-corrected chi connectivity index (χ2v) is 8.73. The summed E-state index contributed by atoms with van der Waals surface area (Å²) in [5, 5.41) is 6.77. The molecule has 2 fully saturated rings. The number of hydrogen-bond donors (Lipinski definition) is 0. The number of rotatable bonds is 4. The van der Waals surface area contributed by atoms with E-state index in [0.717, 1.165) is 38.3 Å². The van der Waals surface area contributed by atoms with Crippen LogP contribution in [0.15, 0.2) is 27.1 Å². The third kappa shape index (κ3) is 2.60. The topological polar surface area (TPSA) is 60.1 Å². The predicted octanol–water partition coefficient (Wildman–Crippen LogP) is 1.50. The number of nitrogens with zero attached hydrogens (tertiary/aromatic N) is 4. The molecular formula is C18H22N4O2S. The largest absolute Gasteiger partial charge is 0.332 e. The van der Waals surface area contributed by atoms with E-state index in [9.17, 15) is 9.59 Å². The van der Waals surface area contributed by atoms with Gasteiger partial charge in [-0.25, -0.2) is 4.68 Å². The van der Waals surface area contributed by atoms with Crippen LogP contribution in [0.25, 0.3) is 0 Å². The van der Waals surface area contributed by atoms with E-state index in [-0.39, 0.29) is 11.5 Å². The van der Waals surface area contributed by atoms with Crippen LogP contribution in [-0.2, 0) is 19.6 Å². The van der Waals surface area contributed by atoms with Gasteiger partial charge >= 0.3 is 11.1 Å². The Hall–Kier alpha value is -1.73. The Kier molecular flexibility index (Phi) is 3.67. The summed E-state index contributed by atoms with van der Waals surface area (Å²) in [4.78, 5) is 28.7. The first-order chi connectivity index (χ1) is 12.2. The fourth-order valence-corrected chi connectivity index (χ4v) is 5.22. The van der Waals surface area contributed by atoms with Gasteiger partial charge in [-0.15, -0.1) is 11.3 Å². The second-order valence-electron chi connectivity index (χ2n) is 7.70. The second kappa shape index (κ2) is 5.92. The molecule has 132 valence electrons. The molecule has 1 aliphatic carbocycles. The van der Waals surface area contributed by atoms with Gasteiger partial charge < -0.3 is 0 Å². The van der Waals surface area contributed by atoms with Crippen LogP contribution >= 0.6 is 11.3 Å². The van der Waals surface area contributed by atoms with Crippen LogP contribution in [0.5, 0.6) is 0 Å². The zero-order valence-electron chi connectivity index (χ0n) is 14.1. The molecular weight excluding hydrogens is 336 g/mol. The molecule has 3 aliphatic rings. The Morgan fingerprint density at radius 1 is 1.16 bits per heavy atom. The standard InChI is InChI=1S/C18H22N4O2S/c23-17-18(24)22(7-12-3-1-4-12)19-16-15-11-20(8-13(15)9-21(16)17)10-14-5-2-6-25-14/h2,5-6,12-13,15H,1,3-4,7-11H2/t13-,15+/m0/s1. The lowest BCUT2D eigenvalue weighted by Crippen LogP contribution is -2.45. The normalized spacial score (nSPS) is 25.8. The van der Waals surface area contributed by atoms with E-state index in [1.165, 1.54) is 16.0 Å². The Balaban J connectivity index is 1.41. The van der Waals surface area contributed by atoms with E-state index in [4.69, 9.17) is 0 Å². The molecule has 4 heterocycles. The average Bonchev–Trinajstić information content (AvgIpc) is 3.25. The number of aromatic nitrogens is 3. The molecule has 2 aromatic rings. The smallest absolute Gasteiger partial charge is 0.297 e. The van der Waals surface area contributed by atoms with Crippen LogP contribution in [0, 0.1) is 11.8 Å². The summed E-state index contributed by atoms with van der Waals surface area (Å²) in [6.45, 7) is 4.12. The molecule has 1 saturated carbocycles. The van der Waals surface area contributed by atoms with Gasteiger partial charge in [-0.2, -0.15) is 5.10 Å². The molecule has 0 aromatic carbocycles. The number of hydrogen-bond acceptors (Lipinski definition) is 5. The summed E-state index contributed by atoms with van der Waals surface area (Å²) in [5.41, 5.74) is -0.811. The molecule has 2 aliphatic heterocycles. The quantitative estimate of drug-likeness (QED) is 0.777. The van der Waals surface area contributed by atoms with E-state index in [0.29, 0.717) is 24.9 Å². The van der Waals surface area contributed by atoms with Gasteiger partial charge in [0.05, 0.1) is 0 Å². The molecule has 7 heteroatoms.